The van der Waals surface area contributed by atoms with Gasteiger partial charge in [-0.2, -0.15) is 0 Å². The second-order valence-electron chi connectivity index (χ2n) is 4.06. The highest BCUT2D eigenvalue weighted by molar-refractivity contribution is 14.1. The van der Waals surface area contributed by atoms with E-state index in [4.69, 9.17) is 16.7 Å². The summed E-state index contributed by atoms with van der Waals surface area (Å²) in [5.41, 5.74) is 0.519. The van der Waals surface area contributed by atoms with Crippen molar-refractivity contribution in [2.24, 2.45) is 0 Å². The zero-order valence-corrected chi connectivity index (χ0v) is 13.2. The average molecular weight is 397 g/mol. The lowest BCUT2D eigenvalue weighted by Crippen LogP contribution is -2.36. The summed E-state index contributed by atoms with van der Waals surface area (Å²) in [6.07, 6.45) is 0.398. The molecule has 1 aromatic carbocycles. The van der Waals surface area contributed by atoms with Crippen LogP contribution in [0.5, 0.6) is 0 Å². The monoisotopic (exact) mass is 396 g/mol. The van der Waals surface area contributed by atoms with Gasteiger partial charge in [0, 0.05) is 16.0 Å². The molecule has 0 spiro atoms. The topological polar surface area (TPSA) is 78.4 Å². The number of anilines is 1. The predicted molar refractivity (Wildman–Crippen MR) is 82.7 cm³/mol. The Hall–Kier alpha value is -1.02. The SMILES string of the molecule is CC(CCC(=O)O)NC(=O)Nc1ccc(I)cc1Cl. The Morgan fingerprint density at radius 3 is 2.74 bits per heavy atom. The molecule has 0 aliphatic rings. The van der Waals surface area contributed by atoms with Gasteiger partial charge in [-0.05, 0) is 54.1 Å². The number of carboxylic acids is 1. The molecular formula is C12H14ClIN2O3. The molecule has 0 fully saturated rings. The van der Waals surface area contributed by atoms with Gasteiger partial charge in [-0.1, -0.05) is 11.6 Å². The molecule has 0 saturated heterocycles. The minimum absolute atomic E-state index is 0.0196. The molecule has 1 aromatic rings. The fourth-order valence-electron chi connectivity index (χ4n) is 1.39. The lowest BCUT2D eigenvalue weighted by Gasteiger charge is -2.14. The molecule has 0 radical (unpaired) electrons. The van der Waals surface area contributed by atoms with Gasteiger partial charge in [-0.15, -0.1) is 0 Å². The van der Waals surface area contributed by atoms with Gasteiger partial charge in [-0.3, -0.25) is 4.79 Å². The Balaban J connectivity index is 2.48. The minimum atomic E-state index is -0.880. The standard InChI is InChI=1S/C12H14ClIN2O3/c1-7(2-5-11(17)18)15-12(19)16-10-4-3-8(14)6-9(10)13/h3-4,6-7H,2,5H2,1H3,(H,17,18)(H2,15,16,19). The van der Waals surface area contributed by atoms with Crippen molar-refractivity contribution in [2.45, 2.75) is 25.8 Å². The summed E-state index contributed by atoms with van der Waals surface area (Å²) in [4.78, 5) is 22.1. The molecule has 1 atom stereocenters. The number of carbonyl (C=O) groups excluding carboxylic acids is 1. The van der Waals surface area contributed by atoms with Crippen LogP contribution in [0.4, 0.5) is 10.5 Å². The highest BCUT2D eigenvalue weighted by Crippen LogP contribution is 2.23. The zero-order valence-electron chi connectivity index (χ0n) is 10.2. The molecular weight excluding hydrogens is 382 g/mol. The van der Waals surface area contributed by atoms with Gasteiger partial charge in [0.25, 0.3) is 0 Å². The summed E-state index contributed by atoms with van der Waals surface area (Å²) in [7, 11) is 0. The van der Waals surface area contributed by atoms with E-state index in [1.54, 1.807) is 19.1 Å². The summed E-state index contributed by atoms with van der Waals surface area (Å²) in [5.74, 6) is -0.880. The van der Waals surface area contributed by atoms with Crippen LogP contribution in [0.25, 0.3) is 0 Å². The summed E-state index contributed by atoms with van der Waals surface area (Å²) in [6.45, 7) is 1.75. The van der Waals surface area contributed by atoms with Gasteiger partial charge in [0.1, 0.15) is 0 Å². The van der Waals surface area contributed by atoms with E-state index in [1.807, 2.05) is 6.07 Å². The molecule has 5 nitrogen and oxygen atoms in total. The van der Waals surface area contributed by atoms with Crippen molar-refractivity contribution in [3.8, 4) is 0 Å². The Bertz CT molecular complexity index is 482. The van der Waals surface area contributed by atoms with Gasteiger partial charge < -0.3 is 15.7 Å². The van der Waals surface area contributed by atoms with Crippen molar-refractivity contribution >= 4 is 51.9 Å². The number of hydrogen-bond acceptors (Lipinski definition) is 2. The van der Waals surface area contributed by atoms with Crippen LogP contribution in [0.2, 0.25) is 5.02 Å². The maximum Gasteiger partial charge on any atom is 0.319 e. The number of carbonyl (C=O) groups is 2. The highest BCUT2D eigenvalue weighted by atomic mass is 127. The first-order chi connectivity index (χ1) is 8.88. The van der Waals surface area contributed by atoms with Gasteiger partial charge >= 0.3 is 12.0 Å². The number of nitrogens with one attached hydrogen (secondary N) is 2. The van der Waals surface area contributed by atoms with Crippen LogP contribution in [0.3, 0.4) is 0 Å². The fourth-order valence-corrected chi connectivity index (χ4v) is 2.29. The van der Waals surface area contributed by atoms with Crippen molar-refractivity contribution in [1.29, 1.82) is 0 Å². The van der Waals surface area contributed by atoms with Crippen molar-refractivity contribution in [3.63, 3.8) is 0 Å². The molecule has 0 aliphatic heterocycles. The highest BCUT2D eigenvalue weighted by Gasteiger charge is 2.10. The van der Waals surface area contributed by atoms with E-state index in [0.29, 0.717) is 17.1 Å². The molecule has 2 amide bonds. The number of benzene rings is 1. The number of rotatable bonds is 5. The second kappa shape index (κ2) is 7.54. The summed E-state index contributed by atoms with van der Waals surface area (Å²) < 4.78 is 0.975. The molecule has 0 aliphatic carbocycles. The first-order valence-electron chi connectivity index (χ1n) is 5.63. The predicted octanol–water partition coefficient (Wildman–Crippen LogP) is 3.32. The van der Waals surface area contributed by atoms with Gasteiger partial charge in [0.15, 0.2) is 0 Å². The van der Waals surface area contributed by atoms with E-state index >= 15 is 0 Å². The number of halogens is 2. The van der Waals surface area contributed by atoms with E-state index in [0.717, 1.165) is 3.57 Å². The first-order valence-corrected chi connectivity index (χ1v) is 7.08. The molecule has 19 heavy (non-hydrogen) atoms. The Labute approximate surface area is 129 Å². The second-order valence-corrected chi connectivity index (χ2v) is 5.71. The quantitative estimate of drug-likeness (QED) is 0.668. The molecule has 0 aromatic heterocycles. The molecule has 7 heteroatoms. The van der Waals surface area contributed by atoms with E-state index in [1.165, 1.54) is 0 Å². The third-order valence-corrected chi connectivity index (χ3v) is 3.33. The average Bonchev–Trinajstić information content (AvgIpc) is 2.30. The smallest absolute Gasteiger partial charge is 0.319 e. The van der Waals surface area contributed by atoms with Gasteiger partial charge in [-0.25, -0.2) is 4.79 Å². The number of urea groups is 1. The van der Waals surface area contributed by atoms with Crippen LogP contribution < -0.4 is 10.6 Å². The van der Waals surface area contributed by atoms with Crippen LogP contribution >= 0.6 is 34.2 Å². The van der Waals surface area contributed by atoms with Crippen LogP contribution in [0, 0.1) is 3.57 Å². The van der Waals surface area contributed by atoms with Gasteiger partial charge in [0.2, 0.25) is 0 Å². The number of hydrogen-bond donors (Lipinski definition) is 3. The van der Waals surface area contributed by atoms with Crippen LogP contribution in [-0.4, -0.2) is 23.1 Å². The molecule has 3 N–H and O–H groups in total. The largest absolute Gasteiger partial charge is 0.481 e. The lowest BCUT2D eigenvalue weighted by atomic mass is 10.2. The Kier molecular flexibility index (Phi) is 6.36. The Morgan fingerprint density at radius 1 is 1.47 bits per heavy atom. The summed E-state index contributed by atoms with van der Waals surface area (Å²) in [5, 5.41) is 14.3. The first kappa shape index (κ1) is 16.0. The maximum absolute atomic E-state index is 11.7. The van der Waals surface area contributed by atoms with Crippen LogP contribution in [0.15, 0.2) is 18.2 Å². The summed E-state index contributed by atoms with van der Waals surface area (Å²) >= 11 is 8.11. The summed E-state index contributed by atoms with van der Waals surface area (Å²) in [6, 6.07) is 4.66. The maximum atomic E-state index is 11.7. The molecule has 104 valence electrons. The number of amides is 2. The Morgan fingerprint density at radius 2 is 2.16 bits per heavy atom. The van der Waals surface area contributed by atoms with E-state index in [2.05, 4.69) is 33.2 Å². The molecule has 0 saturated carbocycles. The minimum Gasteiger partial charge on any atom is -0.481 e. The lowest BCUT2D eigenvalue weighted by molar-refractivity contribution is -0.137. The zero-order chi connectivity index (χ0) is 14.4. The van der Waals surface area contributed by atoms with Crippen molar-refractivity contribution in [1.82, 2.24) is 5.32 Å². The van der Waals surface area contributed by atoms with Crippen molar-refractivity contribution in [2.75, 3.05) is 5.32 Å². The van der Waals surface area contributed by atoms with Crippen LogP contribution in [0.1, 0.15) is 19.8 Å². The third-order valence-electron chi connectivity index (χ3n) is 2.35. The van der Waals surface area contributed by atoms with Crippen molar-refractivity contribution < 1.29 is 14.7 Å². The number of carboxylic acid groups (broad SMARTS) is 1. The molecule has 1 rings (SSSR count). The van der Waals surface area contributed by atoms with E-state index < -0.39 is 12.0 Å². The van der Waals surface area contributed by atoms with E-state index in [9.17, 15) is 9.59 Å². The molecule has 0 bridgehead atoms. The normalized spacial score (nSPS) is 11.7. The van der Waals surface area contributed by atoms with E-state index in [-0.39, 0.29) is 12.5 Å². The molecule has 1 unspecified atom stereocenters. The van der Waals surface area contributed by atoms with Crippen LogP contribution in [-0.2, 0) is 4.79 Å². The third kappa shape index (κ3) is 6.11. The van der Waals surface area contributed by atoms with Crippen molar-refractivity contribution in [3.05, 3.63) is 26.8 Å². The fraction of sp³-hybridized carbons (Fsp3) is 0.333. The molecule has 0 heterocycles. The van der Waals surface area contributed by atoms with Gasteiger partial charge in [0.05, 0.1) is 10.7 Å². The number of aliphatic carboxylic acids is 1.